The molecule has 0 amide bonds. The first-order valence-corrected chi connectivity index (χ1v) is 13.8. The summed E-state index contributed by atoms with van der Waals surface area (Å²) >= 11 is 1.89. The van der Waals surface area contributed by atoms with Crippen molar-refractivity contribution >= 4 is 53.3 Å². The van der Waals surface area contributed by atoms with Crippen LogP contribution in [0.5, 0.6) is 0 Å². The van der Waals surface area contributed by atoms with Gasteiger partial charge >= 0.3 is 0 Å². The lowest BCUT2D eigenvalue weighted by atomic mass is 10.0. The predicted octanol–water partition coefficient (Wildman–Crippen LogP) is 10.5. The van der Waals surface area contributed by atoms with Crippen LogP contribution in [0.15, 0.2) is 140 Å². The molecule has 0 saturated heterocycles. The van der Waals surface area contributed by atoms with E-state index in [1.807, 2.05) is 11.3 Å². The molecular weight excluding hydrogens is 478 g/mol. The predicted molar refractivity (Wildman–Crippen MR) is 165 cm³/mol. The van der Waals surface area contributed by atoms with Gasteiger partial charge in [-0.2, -0.15) is 0 Å². The minimum absolute atomic E-state index is 1.17. The second-order valence-corrected chi connectivity index (χ2v) is 10.8. The molecule has 0 aliphatic rings. The van der Waals surface area contributed by atoms with Crippen LogP contribution in [0, 0.1) is 0 Å². The number of para-hydroxylation sites is 1. The molecule has 1 nitrogen and oxygen atoms in total. The van der Waals surface area contributed by atoms with Crippen LogP contribution in [-0.2, 0) is 0 Å². The van der Waals surface area contributed by atoms with Crippen LogP contribution in [0.25, 0.3) is 69.9 Å². The third-order valence-electron chi connectivity index (χ3n) is 7.62. The normalized spacial score (nSPS) is 11.7. The molecule has 0 unspecified atom stereocenters. The molecule has 8 aromatic rings. The minimum Gasteiger partial charge on any atom is -0.309 e. The molecule has 0 spiro atoms. The van der Waals surface area contributed by atoms with Gasteiger partial charge in [-0.3, -0.25) is 0 Å². The first-order valence-electron chi connectivity index (χ1n) is 12.9. The molecule has 0 atom stereocenters. The van der Waals surface area contributed by atoms with E-state index in [0.29, 0.717) is 0 Å². The molecule has 6 aromatic carbocycles. The molecule has 0 radical (unpaired) electrons. The van der Waals surface area contributed by atoms with Gasteiger partial charge in [-0.05, 0) is 52.6 Å². The van der Waals surface area contributed by atoms with Crippen LogP contribution in [-0.4, -0.2) is 4.57 Å². The highest BCUT2D eigenvalue weighted by atomic mass is 32.1. The number of nitrogens with zero attached hydrogens (tertiary/aromatic N) is 1. The van der Waals surface area contributed by atoms with E-state index in [0.717, 1.165) is 0 Å². The molecule has 2 aromatic heterocycles. The second-order valence-electron chi connectivity index (χ2n) is 9.78. The average Bonchev–Trinajstić information content (AvgIpc) is 3.53. The van der Waals surface area contributed by atoms with Crippen molar-refractivity contribution in [3.8, 4) is 27.9 Å². The summed E-state index contributed by atoms with van der Waals surface area (Å²) in [6.07, 6.45) is 0. The van der Waals surface area contributed by atoms with Crippen molar-refractivity contribution in [3.05, 3.63) is 140 Å². The topological polar surface area (TPSA) is 4.93 Å². The fourth-order valence-corrected chi connectivity index (χ4v) is 7.06. The Morgan fingerprint density at radius 3 is 1.95 bits per heavy atom. The molecule has 38 heavy (non-hydrogen) atoms. The number of rotatable bonds is 3. The van der Waals surface area contributed by atoms with E-state index in [2.05, 4.69) is 144 Å². The van der Waals surface area contributed by atoms with Crippen molar-refractivity contribution in [2.24, 2.45) is 0 Å². The Hall–Kier alpha value is -4.66. The monoisotopic (exact) mass is 501 g/mol. The summed E-state index contributed by atoms with van der Waals surface area (Å²) in [5, 5.41) is 5.23. The Balaban J connectivity index is 1.36. The zero-order chi connectivity index (χ0) is 25.1. The Kier molecular flexibility index (Phi) is 4.76. The number of thiophene rings is 1. The van der Waals surface area contributed by atoms with Crippen molar-refractivity contribution in [3.63, 3.8) is 0 Å². The third kappa shape index (κ3) is 3.24. The van der Waals surface area contributed by atoms with Crippen molar-refractivity contribution in [1.29, 1.82) is 0 Å². The molecular formula is C36H23NS. The van der Waals surface area contributed by atoms with Crippen molar-refractivity contribution in [2.75, 3.05) is 0 Å². The summed E-state index contributed by atoms with van der Waals surface area (Å²) in [5.74, 6) is 0. The number of hydrogen-bond acceptors (Lipinski definition) is 1. The highest BCUT2D eigenvalue weighted by Crippen LogP contribution is 2.41. The van der Waals surface area contributed by atoms with E-state index in [9.17, 15) is 0 Å². The lowest BCUT2D eigenvalue weighted by molar-refractivity contribution is 1.18. The quantitative estimate of drug-likeness (QED) is 0.227. The molecule has 2 heterocycles. The Labute approximate surface area is 224 Å². The van der Waals surface area contributed by atoms with E-state index in [4.69, 9.17) is 0 Å². The molecule has 0 N–H and O–H groups in total. The van der Waals surface area contributed by atoms with Gasteiger partial charge in [0.15, 0.2) is 0 Å². The maximum Gasteiger partial charge on any atom is 0.0547 e. The highest BCUT2D eigenvalue weighted by molar-refractivity contribution is 7.26. The summed E-state index contributed by atoms with van der Waals surface area (Å²) in [6, 6.07) is 50.6. The van der Waals surface area contributed by atoms with Gasteiger partial charge in [0.1, 0.15) is 0 Å². The van der Waals surface area contributed by atoms with Gasteiger partial charge in [0, 0.05) is 36.6 Å². The maximum absolute atomic E-state index is 2.41. The van der Waals surface area contributed by atoms with E-state index in [-0.39, 0.29) is 0 Å². The number of fused-ring (bicyclic) bond motifs is 6. The molecule has 8 rings (SSSR count). The molecule has 0 fully saturated rings. The lowest BCUT2D eigenvalue weighted by Crippen LogP contribution is -1.94. The fourth-order valence-electron chi connectivity index (χ4n) is 5.82. The molecule has 2 heteroatoms. The first-order chi connectivity index (χ1) is 18.8. The SMILES string of the molecule is c1ccc(-c2ccc(-n3c4ccccc4c4ccc(-c5cccc6c5sc5ccccc56)cc43)cc2)cc1. The molecule has 0 saturated carbocycles. The summed E-state index contributed by atoms with van der Waals surface area (Å²) in [6.45, 7) is 0. The molecule has 178 valence electrons. The minimum atomic E-state index is 1.17. The van der Waals surface area contributed by atoms with Gasteiger partial charge in [-0.15, -0.1) is 11.3 Å². The van der Waals surface area contributed by atoms with Crippen molar-refractivity contribution < 1.29 is 0 Å². The van der Waals surface area contributed by atoms with Crippen LogP contribution in [0.3, 0.4) is 0 Å². The van der Waals surface area contributed by atoms with Crippen LogP contribution < -0.4 is 0 Å². The third-order valence-corrected chi connectivity index (χ3v) is 8.84. The Morgan fingerprint density at radius 2 is 1.08 bits per heavy atom. The summed E-state index contributed by atoms with van der Waals surface area (Å²) in [5.41, 5.74) is 8.64. The van der Waals surface area contributed by atoms with Gasteiger partial charge in [-0.1, -0.05) is 109 Å². The lowest BCUT2D eigenvalue weighted by Gasteiger charge is -2.11. The van der Waals surface area contributed by atoms with E-state index in [1.54, 1.807) is 0 Å². The zero-order valence-electron chi connectivity index (χ0n) is 20.6. The molecule has 0 bridgehead atoms. The molecule has 0 aliphatic heterocycles. The van der Waals surface area contributed by atoms with E-state index < -0.39 is 0 Å². The smallest absolute Gasteiger partial charge is 0.0547 e. The standard InChI is InChI=1S/C36H23NS/c1-2-9-24(10-3-1)25-17-20-27(21-18-25)37-33-15-6-4-11-29(33)30-22-19-26(23-34(30)37)28-13-8-14-32-31-12-5-7-16-35(31)38-36(28)32/h1-23H. The van der Waals surface area contributed by atoms with Gasteiger partial charge in [0.2, 0.25) is 0 Å². The van der Waals surface area contributed by atoms with Crippen LogP contribution >= 0.6 is 11.3 Å². The maximum atomic E-state index is 2.41. The van der Waals surface area contributed by atoms with Gasteiger partial charge in [0.25, 0.3) is 0 Å². The number of benzene rings is 6. The summed E-state index contributed by atoms with van der Waals surface area (Å²) < 4.78 is 5.10. The van der Waals surface area contributed by atoms with E-state index >= 15 is 0 Å². The largest absolute Gasteiger partial charge is 0.309 e. The zero-order valence-corrected chi connectivity index (χ0v) is 21.5. The fraction of sp³-hybridized carbons (Fsp3) is 0. The van der Waals surface area contributed by atoms with Gasteiger partial charge in [-0.25, -0.2) is 0 Å². The second kappa shape index (κ2) is 8.44. The summed E-state index contributed by atoms with van der Waals surface area (Å²) in [7, 11) is 0. The number of hydrogen-bond donors (Lipinski definition) is 0. The van der Waals surface area contributed by atoms with Crippen LogP contribution in [0.2, 0.25) is 0 Å². The highest BCUT2D eigenvalue weighted by Gasteiger charge is 2.15. The van der Waals surface area contributed by atoms with Gasteiger partial charge < -0.3 is 4.57 Å². The van der Waals surface area contributed by atoms with Crippen LogP contribution in [0.4, 0.5) is 0 Å². The van der Waals surface area contributed by atoms with E-state index in [1.165, 1.54) is 69.9 Å². The van der Waals surface area contributed by atoms with Crippen LogP contribution in [0.1, 0.15) is 0 Å². The van der Waals surface area contributed by atoms with Crippen molar-refractivity contribution in [2.45, 2.75) is 0 Å². The van der Waals surface area contributed by atoms with Crippen molar-refractivity contribution in [1.82, 2.24) is 4.57 Å². The summed E-state index contributed by atoms with van der Waals surface area (Å²) in [4.78, 5) is 0. The average molecular weight is 502 g/mol. The Bertz CT molecular complexity index is 2110. The van der Waals surface area contributed by atoms with Gasteiger partial charge in [0.05, 0.1) is 11.0 Å². The molecule has 0 aliphatic carbocycles. The first kappa shape index (κ1) is 21.4. The number of aromatic nitrogens is 1. The Morgan fingerprint density at radius 1 is 0.421 bits per heavy atom.